The van der Waals surface area contributed by atoms with Crippen LogP contribution in [0.5, 0.6) is 0 Å². The number of hydrogen-bond acceptors (Lipinski definition) is 4. The summed E-state index contributed by atoms with van der Waals surface area (Å²) in [6.45, 7) is 10.5. The van der Waals surface area contributed by atoms with Crippen molar-refractivity contribution in [2.75, 3.05) is 5.32 Å². The van der Waals surface area contributed by atoms with Gasteiger partial charge in [0.25, 0.3) is 0 Å². The van der Waals surface area contributed by atoms with Crippen LogP contribution in [0.15, 0.2) is 6.07 Å². The lowest BCUT2D eigenvalue weighted by Crippen LogP contribution is -2.15. The highest BCUT2D eigenvalue weighted by atomic mass is 16.4. The molecule has 18 heavy (non-hydrogen) atoms. The van der Waals surface area contributed by atoms with Gasteiger partial charge in [-0.3, -0.25) is 0 Å². The van der Waals surface area contributed by atoms with Gasteiger partial charge in [-0.1, -0.05) is 27.7 Å². The van der Waals surface area contributed by atoms with E-state index in [1.807, 2.05) is 0 Å². The van der Waals surface area contributed by atoms with E-state index in [-0.39, 0.29) is 22.6 Å². The lowest BCUT2D eigenvalue weighted by atomic mass is 10.0. The number of rotatable bonds is 3. The Labute approximate surface area is 107 Å². The monoisotopic (exact) mass is 249 g/mol. The predicted molar refractivity (Wildman–Crippen MR) is 68.7 cm³/mol. The van der Waals surface area contributed by atoms with Gasteiger partial charge >= 0.3 is 5.97 Å². The number of anilines is 1. The first-order valence-corrected chi connectivity index (χ1v) is 6.02. The van der Waals surface area contributed by atoms with Crippen molar-refractivity contribution in [3.05, 3.63) is 17.5 Å². The molecule has 1 aliphatic rings. The quantitative estimate of drug-likeness (QED) is 0.860. The van der Waals surface area contributed by atoms with Crippen molar-refractivity contribution in [3.63, 3.8) is 0 Å². The van der Waals surface area contributed by atoms with Crippen molar-refractivity contribution in [1.82, 2.24) is 9.97 Å². The maximum atomic E-state index is 10.9. The second-order valence-electron chi connectivity index (χ2n) is 6.04. The topological polar surface area (TPSA) is 75.1 Å². The van der Waals surface area contributed by atoms with Crippen molar-refractivity contribution in [2.45, 2.75) is 40.7 Å². The smallest absolute Gasteiger partial charge is 0.354 e. The Morgan fingerprint density at radius 1 is 1.28 bits per heavy atom. The molecule has 2 N–H and O–H groups in total. The summed E-state index contributed by atoms with van der Waals surface area (Å²) in [6.07, 6.45) is 0. The molecule has 1 fully saturated rings. The van der Waals surface area contributed by atoms with Crippen LogP contribution in [-0.2, 0) is 0 Å². The standard InChI is InChI=1S/C13H19N3O2/c1-7-6-8(9(17)18)15-11(14-7)16-10-12(2,3)13(10,4)5/h6,10H,1-5H3,(H,17,18)(H,14,15,16). The van der Waals surface area contributed by atoms with Crippen molar-refractivity contribution in [1.29, 1.82) is 0 Å². The molecule has 5 nitrogen and oxygen atoms in total. The van der Waals surface area contributed by atoms with Gasteiger partial charge in [-0.05, 0) is 23.8 Å². The zero-order valence-electron chi connectivity index (χ0n) is 11.4. The lowest BCUT2D eigenvalue weighted by molar-refractivity contribution is 0.0690. The Morgan fingerprint density at radius 2 is 1.83 bits per heavy atom. The fraction of sp³-hybridized carbons (Fsp3) is 0.615. The number of carboxylic acid groups (broad SMARTS) is 1. The lowest BCUT2D eigenvalue weighted by Gasteiger charge is -2.08. The fourth-order valence-corrected chi connectivity index (χ4v) is 2.43. The average Bonchev–Trinajstić information content (AvgIpc) is 2.60. The minimum Gasteiger partial charge on any atom is -0.477 e. The molecular formula is C13H19N3O2. The van der Waals surface area contributed by atoms with Crippen molar-refractivity contribution in [3.8, 4) is 0 Å². The van der Waals surface area contributed by atoms with Crippen LogP contribution in [0.1, 0.15) is 43.9 Å². The molecule has 1 saturated carbocycles. The number of hydrogen-bond donors (Lipinski definition) is 2. The molecule has 0 unspecified atom stereocenters. The molecular weight excluding hydrogens is 230 g/mol. The van der Waals surface area contributed by atoms with E-state index in [0.29, 0.717) is 11.6 Å². The maximum absolute atomic E-state index is 10.9. The molecule has 1 heterocycles. The number of aromatic nitrogens is 2. The molecule has 2 rings (SSSR count). The number of carboxylic acids is 1. The van der Waals surface area contributed by atoms with Gasteiger partial charge in [-0.2, -0.15) is 0 Å². The summed E-state index contributed by atoms with van der Waals surface area (Å²) in [5.41, 5.74) is 0.995. The van der Waals surface area contributed by atoms with E-state index in [9.17, 15) is 4.79 Å². The first-order valence-electron chi connectivity index (χ1n) is 6.02. The second kappa shape index (κ2) is 3.67. The molecule has 0 atom stereocenters. The van der Waals surface area contributed by atoms with Gasteiger partial charge in [0.2, 0.25) is 5.95 Å². The Morgan fingerprint density at radius 3 is 2.28 bits per heavy atom. The molecule has 0 aliphatic heterocycles. The van der Waals surface area contributed by atoms with Crippen LogP contribution in [0.25, 0.3) is 0 Å². The third-order valence-corrected chi connectivity index (χ3v) is 4.37. The summed E-state index contributed by atoms with van der Waals surface area (Å²) in [5.74, 6) is -0.631. The highest BCUT2D eigenvalue weighted by Gasteiger charge is 2.65. The largest absolute Gasteiger partial charge is 0.477 e. The summed E-state index contributed by atoms with van der Waals surface area (Å²) < 4.78 is 0. The molecule has 0 saturated heterocycles. The molecule has 1 aliphatic carbocycles. The Bertz CT molecular complexity index is 495. The van der Waals surface area contributed by atoms with Crippen LogP contribution in [0.2, 0.25) is 0 Å². The van der Waals surface area contributed by atoms with Gasteiger partial charge in [0.15, 0.2) is 5.69 Å². The molecule has 0 spiro atoms. The highest BCUT2D eigenvalue weighted by Crippen LogP contribution is 2.63. The van der Waals surface area contributed by atoms with Gasteiger partial charge in [0, 0.05) is 11.7 Å². The van der Waals surface area contributed by atoms with E-state index in [4.69, 9.17) is 5.11 Å². The first kappa shape index (κ1) is 12.8. The van der Waals surface area contributed by atoms with E-state index in [1.54, 1.807) is 6.92 Å². The van der Waals surface area contributed by atoms with Crippen molar-refractivity contribution in [2.24, 2.45) is 10.8 Å². The second-order valence-corrected chi connectivity index (χ2v) is 6.04. The summed E-state index contributed by atoms with van der Waals surface area (Å²) >= 11 is 0. The van der Waals surface area contributed by atoms with Crippen LogP contribution >= 0.6 is 0 Å². The van der Waals surface area contributed by atoms with Gasteiger partial charge in [0.05, 0.1) is 0 Å². The predicted octanol–water partition coefficient (Wildman–Crippen LogP) is 2.33. The van der Waals surface area contributed by atoms with Crippen LogP contribution < -0.4 is 5.32 Å². The van der Waals surface area contributed by atoms with Crippen LogP contribution in [0, 0.1) is 17.8 Å². The SMILES string of the molecule is Cc1cc(C(=O)O)nc(NC2C(C)(C)C2(C)C)n1. The van der Waals surface area contributed by atoms with Crippen LogP contribution in [0.4, 0.5) is 5.95 Å². The van der Waals surface area contributed by atoms with Crippen molar-refractivity contribution < 1.29 is 9.90 Å². The summed E-state index contributed by atoms with van der Waals surface area (Å²) in [4.78, 5) is 19.2. The summed E-state index contributed by atoms with van der Waals surface area (Å²) in [7, 11) is 0. The minimum absolute atomic E-state index is 0.0289. The van der Waals surface area contributed by atoms with E-state index in [1.165, 1.54) is 6.07 Å². The molecule has 0 amide bonds. The zero-order valence-corrected chi connectivity index (χ0v) is 11.4. The van der Waals surface area contributed by atoms with Crippen molar-refractivity contribution >= 4 is 11.9 Å². The van der Waals surface area contributed by atoms with Gasteiger partial charge in [-0.15, -0.1) is 0 Å². The molecule has 5 heteroatoms. The Kier molecular flexibility index (Phi) is 2.61. The summed E-state index contributed by atoms with van der Waals surface area (Å²) in [6, 6.07) is 1.73. The average molecular weight is 249 g/mol. The normalized spacial score (nSPS) is 20.5. The highest BCUT2D eigenvalue weighted by molar-refractivity contribution is 5.85. The fourth-order valence-electron chi connectivity index (χ4n) is 2.43. The summed E-state index contributed by atoms with van der Waals surface area (Å²) in [5, 5.41) is 12.2. The number of nitrogens with zero attached hydrogens (tertiary/aromatic N) is 2. The van der Waals surface area contributed by atoms with Crippen LogP contribution in [0.3, 0.4) is 0 Å². The Hall–Kier alpha value is -1.65. The van der Waals surface area contributed by atoms with E-state index in [0.717, 1.165) is 0 Å². The van der Waals surface area contributed by atoms with Crippen LogP contribution in [-0.4, -0.2) is 27.1 Å². The Balaban J connectivity index is 2.24. The molecule has 1 aromatic rings. The number of aromatic carboxylic acids is 1. The molecule has 0 radical (unpaired) electrons. The molecule has 0 bridgehead atoms. The number of nitrogens with one attached hydrogen (secondary N) is 1. The third-order valence-electron chi connectivity index (χ3n) is 4.37. The third kappa shape index (κ3) is 1.83. The van der Waals surface area contributed by atoms with E-state index < -0.39 is 5.97 Å². The minimum atomic E-state index is -1.03. The van der Waals surface area contributed by atoms with Gasteiger partial charge < -0.3 is 10.4 Å². The maximum Gasteiger partial charge on any atom is 0.354 e. The van der Waals surface area contributed by atoms with Gasteiger partial charge in [-0.25, -0.2) is 14.8 Å². The zero-order chi connectivity index (χ0) is 13.7. The molecule has 98 valence electrons. The first-order chi connectivity index (χ1) is 8.16. The van der Waals surface area contributed by atoms with E-state index >= 15 is 0 Å². The number of carbonyl (C=O) groups is 1. The molecule has 0 aromatic carbocycles. The van der Waals surface area contributed by atoms with Gasteiger partial charge in [0.1, 0.15) is 0 Å². The van der Waals surface area contributed by atoms with E-state index in [2.05, 4.69) is 43.0 Å². The number of aryl methyl sites for hydroxylation is 1. The molecule has 1 aromatic heterocycles.